The van der Waals surface area contributed by atoms with Gasteiger partial charge in [0, 0.05) is 18.3 Å². The largest absolute Gasteiger partial charge is 0.269 e. The molecule has 17 heavy (non-hydrogen) atoms. The average molecular weight is 225 g/mol. The Labute approximate surface area is 102 Å². The predicted octanol–water partition coefficient (Wildman–Crippen LogP) is 3.62. The van der Waals surface area contributed by atoms with E-state index in [2.05, 4.69) is 46.3 Å². The minimum atomic E-state index is 0.459. The van der Waals surface area contributed by atoms with Crippen molar-refractivity contribution in [2.75, 3.05) is 0 Å². The first-order chi connectivity index (χ1) is 8.45. The molecule has 1 radical (unpaired) electrons. The lowest BCUT2D eigenvalue weighted by atomic mass is 9.80. The molecule has 2 nitrogen and oxygen atoms in total. The molecule has 1 fully saturated rings. The number of aromatic nitrogens is 2. The highest BCUT2D eigenvalue weighted by atomic mass is 15.3. The molecule has 2 heteroatoms. The molecule has 87 valence electrons. The second-order valence-corrected chi connectivity index (χ2v) is 4.64. The van der Waals surface area contributed by atoms with Crippen molar-refractivity contribution in [2.45, 2.75) is 31.7 Å². The van der Waals surface area contributed by atoms with Crippen molar-refractivity contribution in [2.24, 2.45) is 0 Å². The maximum atomic E-state index is 4.41. The molecule has 0 amide bonds. The molecular formula is C15H17N2. The van der Waals surface area contributed by atoms with Gasteiger partial charge >= 0.3 is 0 Å². The summed E-state index contributed by atoms with van der Waals surface area (Å²) in [7, 11) is 0. The number of hydrogen-bond donors (Lipinski definition) is 0. The van der Waals surface area contributed by atoms with Crippen molar-refractivity contribution in [3.63, 3.8) is 0 Å². The maximum Gasteiger partial charge on any atom is 0.0625 e. The second-order valence-electron chi connectivity index (χ2n) is 4.64. The summed E-state index contributed by atoms with van der Waals surface area (Å²) in [5.74, 6) is 1.54. The van der Waals surface area contributed by atoms with Crippen LogP contribution in [0, 0.1) is 5.92 Å². The van der Waals surface area contributed by atoms with E-state index in [0.29, 0.717) is 6.04 Å². The highest BCUT2D eigenvalue weighted by Crippen LogP contribution is 2.39. The quantitative estimate of drug-likeness (QED) is 0.763. The van der Waals surface area contributed by atoms with E-state index in [1.165, 1.54) is 31.2 Å². The normalized spacial score (nSPS) is 21.5. The van der Waals surface area contributed by atoms with Gasteiger partial charge in [-0.05, 0) is 24.5 Å². The number of rotatable bonds is 2. The Morgan fingerprint density at radius 3 is 2.71 bits per heavy atom. The Morgan fingerprint density at radius 2 is 1.94 bits per heavy atom. The van der Waals surface area contributed by atoms with E-state index in [1.807, 2.05) is 12.3 Å². The van der Waals surface area contributed by atoms with Crippen LogP contribution in [0.3, 0.4) is 0 Å². The van der Waals surface area contributed by atoms with E-state index in [9.17, 15) is 0 Å². The maximum absolute atomic E-state index is 4.41. The molecule has 0 N–H and O–H groups in total. The van der Waals surface area contributed by atoms with Crippen molar-refractivity contribution >= 4 is 0 Å². The summed E-state index contributed by atoms with van der Waals surface area (Å²) in [4.78, 5) is 0. The third kappa shape index (κ3) is 2.12. The molecule has 1 aromatic heterocycles. The molecule has 1 unspecified atom stereocenters. The fourth-order valence-electron chi connectivity index (χ4n) is 2.74. The Bertz CT molecular complexity index is 447. The zero-order valence-electron chi connectivity index (χ0n) is 9.92. The van der Waals surface area contributed by atoms with E-state index in [1.54, 1.807) is 5.92 Å². The van der Waals surface area contributed by atoms with Crippen molar-refractivity contribution < 1.29 is 0 Å². The van der Waals surface area contributed by atoms with Crippen LogP contribution in [0.5, 0.6) is 0 Å². The second kappa shape index (κ2) is 4.74. The smallest absolute Gasteiger partial charge is 0.0625 e. The lowest BCUT2D eigenvalue weighted by Gasteiger charge is -2.31. The van der Waals surface area contributed by atoms with Gasteiger partial charge in [0.05, 0.1) is 6.04 Å². The Balaban J connectivity index is 1.91. The third-order valence-electron chi connectivity index (χ3n) is 3.56. The topological polar surface area (TPSA) is 17.8 Å². The fraction of sp³-hybridized carbons (Fsp3) is 0.333. The van der Waals surface area contributed by atoms with Crippen molar-refractivity contribution in [3.05, 3.63) is 60.3 Å². The van der Waals surface area contributed by atoms with Gasteiger partial charge in [0.25, 0.3) is 0 Å². The molecule has 1 saturated carbocycles. The van der Waals surface area contributed by atoms with Crippen LogP contribution in [0.15, 0.2) is 48.8 Å². The van der Waals surface area contributed by atoms with Crippen molar-refractivity contribution in [3.8, 4) is 0 Å². The lowest BCUT2D eigenvalue weighted by Crippen LogP contribution is -2.22. The molecule has 0 bridgehead atoms. The summed E-state index contributed by atoms with van der Waals surface area (Å²) in [5.41, 5.74) is 1.38. The van der Waals surface area contributed by atoms with Crippen LogP contribution >= 0.6 is 0 Å². The summed E-state index contributed by atoms with van der Waals surface area (Å²) < 4.78 is 2.11. The summed E-state index contributed by atoms with van der Waals surface area (Å²) in [5, 5.41) is 4.41. The van der Waals surface area contributed by atoms with Crippen molar-refractivity contribution in [1.29, 1.82) is 0 Å². The van der Waals surface area contributed by atoms with Gasteiger partial charge in [-0.3, -0.25) is 4.68 Å². The molecule has 1 aliphatic rings. The summed E-state index contributed by atoms with van der Waals surface area (Å²) in [6.07, 6.45) is 8.99. The predicted molar refractivity (Wildman–Crippen MR) is 68.5 cm³/mol. The highest BCUT2D eigenvalue weighted by Gasteiger charge is 2.28. The van der Waals surface area contributed by atoms with Gasteiger partial charge in [0.1, 0.15) is 0 Å². The first-order valence-corrected chi connectivity index (χ1v) is 6.35. The monoisotopic (exact) mass is 225 g/mol. The first kappa shape index (κ1) is 10.6. The van der Waals surface area contributed by atoms with E-state index >= 15 is 0 Å². The lowest BCUT2D eigenvalue weighted by molar-refractivity contribution is 0.371. The van der Waals surface area contributed by atoms with Gasteiger partial charge < -0.3 is 0 Å². The molecule has 1 aromatic carbocycles. The molecule has 0 saturated heterocycles. The number of benzene rings is 1. The number of hydrogen-bond acceptors (Lipinski definition) is 1. The van der Waals surface area contributed by atoms with Gasteiger partial charge in [-0.2, -0.15) is 5.10 Å². The van der Waals surface area contributed by atoms with Gasteiger partial charge in [0.2, 0.25) is 0 Å². The van der Waals surface area contributed by atoms with E-state index in [-0.39, 0.29) is 0 Å². The van der Waals surface area contributed by atoms with Gasteiger partial charge in [-0.1, -0.05) is 43.2 Å². The minimum absolute atomic E-state index is 0.459. The summed E-state index contributed by atoms with van der Waals surface area (Å²) in [6.45, 7) is 0. The molecule has 0 spiro atoms. The van der Waals surface area contributed by atoms with E-state index in [4.69, 9.17) is 0 Å². The van der Waals surface area contributed by atoms with Gasteiger partial charge in [-0.25, -0.2) is 0 Å². The molecule has 1 aliphatic carbocycles. The molecule has 3 rings (SSSR count). The fourth-order valence-corrected chi connectivity index (χ4v) is 2.74. The van der Waals surface area contributed by atoms with E-state index < -0.39 is 0 Å². The first-order valence-electron chi connectivity index (χ1n) is 6.35. The Morgan fingerprint density at radius 1 is 1.06 bits per heavy atom. The van der Waals surface area contributed by atoms with Crippen LogP contribution in [-0.4, -0.2) is 9.78 Å². The molecule has 0 aliphatic heterocycles. The third-order valence-corrected chi connectivity index (χ3v) is 3.56. The van der Waals surface area contributed by atoms with Gasteiger partial charge in [-0.15, -0.1) is 0 Å². The van der Waals surface area contributed by atoms with Crippen molar-refractivity contribution in [1.82, 2.24) is 9.78 Å². The standard InChI is InChI=1S/C15H17N2/c1-2-7-13(8-3-1)14-9-4-5-10-15(14)17-12-6-11-16-17/h1-3,6-8,11-12,15H,4-5,9-10H2. The zero-order valence-corrected chi connectivity index (χ0v) is 9.92. The zero-order chi connectivity index (χ0) is 11.5. The van der Waals surface area contributed by atoms with Crippen LogP contribution in [-0.2, 0) is 0 Å². The molecule has 1 heterocycles. The van der Waals surface area contributed by atoms with Crippen LogP contribution in [0.25, 0.3) is 0 Å². The summed E-state index contributed by atoms with van der Waals surface area (Å²) in [6, 6.07) is 13.2. The molecule has 1 atom stereocenters. The summed E-state index contributed by atoms with van der Waals surface area (Å²) >= 11 is 0. The Kier molecular flexibility index (Phi) is 2.95. The van der Waals surface area contributed by atoms with E-state index in [0.717, 1.165) is 0 Å². The van der Waals surface area contributed by atoms with Crippen LogP contribution in [0.1, 0.15) is 37.3 Å². The van der Waals surface area contributed by atoms with Crippen LogP contribution in [0.4, 0.5) is 0 Å². The number of nitrogens with zero attached hydrogens (tertiary/aromatic N) is 2. The average Bonchev–Trinajstić information content (AvgIpc) is 2.94. The SMILES string of the molecule is c1ccc([C]2CCCCC2n2cccn2)cc1. The van der Waals surface area contributed by atoms with Crippen LogP contribution < -0.4 is 0 Å². The molecular weight excluding hydrogens is 208 g/mol. The van der Waals surface area contributed by atoms with Crippen LogP contribution in [0.2, 0.25) is 0 Å². The highest BCUT2D eigenvalue weighted by molar-refractivity contribution is 5.33. The van der Waals surface area contributed by atoms with Gasteiger partial charge in [0.15, 0.2) is 0 Å². The Hall–Kier alpha value is -1.57. The molecule has 2 aromatic rings. The minimum Gasteiger partial charge on any atom is -0.269 e.